The minimum atomic E-state index is -4.52. The summed E-state index contributed by atoms with van der Waals surface area (Å²) in [6.45, 7) is 3.83. The van der Waals surface area contributed by atoms with Gasteiger partial charge in [0.05, 0.1) is 39.4 Å². The standard InChI is InChI=1S/C23H17ClF3N3O2/c1-12-6-16(14-4-3-5-15(7-14)22(31)32)8-20-21(12)29-13(2)30(20)11-19-18(24)9-17(10-28-19)23(25,26)27/h3-10H,11H2,1-2H3,(H,31,32). The minimum absolute atomic E-state index is 0.0805. The van der Waals surface area contributed by atoms with E-state index in [1.54, 1.807) is 19.1 Å². The first kappa shape index (κ1) is 21.8. The van der Waals surface area contributed by atoms with Crippen molar-refractivity contribution in [2.24, 2.45) is 0 Å². The fourth-order valence-corrected chi connectivity index (χ4v) is 3.82. The number of pyridine rings is 1. The molecule has 5 nitrogen and oxygen atoms in total. The molecular formula is C23H17ClF3N3O2. The molecule has 0 atom stereocenters. The summed E-state index contributed by atoms with van der Waals surface area (Å²) in [5.41, 5.74) is 3.45. The lowest BCUT2D eigenvalue weighted by Gasteiger charge is -2.12. The number of rotatable bonds is 4. The molecule has 0 aliphatic rings. The molecule has 32 heavy (non-hydrogen) atoms. The fourth-order valence-electron chi connectivity index (χ4n) is 3.59. The molecule has 0 spiro atoms. The van der Waals surface area contributed by atoms with E-state index in [1.165, 1.54) is 6.07 Å². The zero-order valence-electron chi connectivity index (χ0n) is 17.0. The van der Waals surface area contributed by atoms with Gasteiger partial charge >= 0.3 is 12.1 Å². The fraction of sp³-hybridized carbons (Fsp3) is 0.174. The maximum absolute atomic E-state index is 12.9. The average Bonchev–Trinajstić information content (AvgIpc) is 3.04. The van der Waals surface area contributed by atoms with Crippen LogP contribution in [0.25, 0.3) is 22.2 Å². The van der Waals surface area contributed by atoms with Gasteiger partial charge in [0.15, 0.2) is 0 Å². The molecule has 0 aliphatic carbocycles. The van der Waals surface area contributed by atoms with Crippen molar-refractivity contribution in [1.29, 1.82) is 0 Å². The van der Waals surface area contributed by atoms with E-state index in [1.807, 2.05) is 29.7 Å². The van der Waals surface area contributed by atoms with Crippen molar-refractivity contribution in [2.45, 2.75) is 26.6 Å². The predicted molar refractivity (Wildman–Crippen MR) is 115 cm³/mol. The highest BCUT2D eigenvalue weighted by Gasteiger charge is 2.31. The van der Waals surface area contributed by atoms with Crippen LogP contribution in [0.3, 0.4) is 0 Å². The third kappa shape index (κ3) is 4.05. The summed E-state index contributed by atoms with van der Waals surface area (Å²) in [6.07, 6.45) is -3.76. The zero-order chi connectivity index (χ0) is 23.2. The molecule has 2 heterocycles. The van der Waals surface area contributed by atoms with Gasteiger partial charge in [-0.05, 0) is 60.9 Å². The number of aryl methyl sites for hydroxylation is 2. The molecule has 164 valence electrons. The normalized spacial score (nSPS) is 11.8. The van der Waals surface area contributed by atoms with Crippen LogP contribution in [0, 0.1) is 13.8 Å². The predicted octanol–water partition coefficient (Wildman–Crippen LogP) is 6.13. The van der Waals surface area contributed by atoms with E-state index in [4.69, 9.17) is 11.6 Å². The van der Waals surface area contributed by atoms with Crippen molar-refractivity contribution in [3.05, 3.63) is 81.9 Å². The van der Waals surface area contributed by atoms with E-state index >= 15 is 0 Å². The molecule has 0 saturated heterocycles. The molecule has 0 saturated carbocycles. The second kappa shape index (κ2) is 7.94. The molecule has 4 aromatic rings. The Kier molecular flexibility index (Phi) is 5.42. The van der Waals surface area contributed by atoms with E-state index in [2.05, 4.69) is 9.97 Å². The Hall–Kier alpha value is -3.39. The topological polar surface area (TPSA) is 68.0 Å². The van der Waals surface area contributed by atoms with Crippen LogP contribution in [-0.2, 0) is 12.7 Å². The molecule has 2 aromatic carbocycles. The van der Waals surface area contributed by atoms with Gasteiger partial charge in [0.25, 0.3) is 0 Å². The molecule has 0 fully saturated rings. The van der Waals surface area contributed by atoms with Gasteiger partial charge in [0.2, 0.25) is 0 Å². The Bertz CT molecular complexity index is 1360. The third-order valence-corrected chi connectivity index (χ3v) is 5.56. The third-order valence-electron chi connectivity index (χ3n) is 5.23. The molecule has 4 rings (SSSR count). The van der Waals surface area contributed by atoms with Gasteiger partial charge < -0.3 is 9.67 Å². The van der Waals surface area contributed by atoms with Crippen molar-refractivity contribution in [1.82, 2.24) is 14.5 Å². The number of carboxylic acid groups (broad SMARTS) is 1. The van der Waals surface area contributed by atoms with Crippen molar-refractivity contribution in [2.75, 3.05) is 0 Å². The SMILES string of the molecule is Cc1cc(-c2cccc(C(=O)O)c2)cc2c1nc(C)n2Cc1ncc(C(F)(F)F)cc1Cl. The van der Waals surface area contributed by atoms with Crippen molar-refractivity contribution in [3.8, 4) is 11.1 Å². The van der Waals surface area contributed by atoms with Crippen molar-refractivity contribution >= 4 is 28.6 Å². The monoisotopic (exact) mass is 459 g/mol. The number of benzene rings is 2. The van der Waals surface area contributed by atoms with E-state index in [0.717, 1.165) is 40.0 Å². The van der Waals surface area contributed by atoms with Gasteiger partial charge in [0, 0.05) is 6.20 Å². The highest BCUT2D eigenvalue weighted by molar-refractivity contribution is 6.31. The number of imidazole rings is 1. The molecule has 1 N–H and O–H groups in total. The van der Waals surface area contributed by atoms with Crippen LogP contribution >= 0.6 is 11.6 Å². The number of hydrogen-bond acceptors (Lipinski definition) is 3. The highest BCUT2D eigenvalue weighted by atomic mass is 35.5. The number of halogens is 4. The lowest BCUT2D eigenvalue weighted by Crippen LogP contribution is -2.09. The summed E-state index contributed by atoms with van der Waals surface area (Å²) in [7, 11) is 0. The molecular weight excluding hydrogens is 443 g/mol. The Morgan fingerprint density at radius 3 is 2.53 bits per heavy atom. The lowest BCUT2D eigenvalue weighted by atomic mass is 10.0. The summed E-state index contributed by atoms with van der Waals surface area (Å²) in [5, 5.41) is 9.21. The number of carboxylic acids is 1. The van der Waals surface area contributed by atoms with E-state index in [9.17, 15) is 23.1 Å². The highest BCUT2D eigenvalue weighted by Crippen LogP contribution is 2.33. The lowest BCUT2D eigenvalue weighted by molar-refractivity contribution is -0.137. The van der Waals surface area contributed by atoms with Crippen LogP contribution < -0.4 is 0 Å². The van der Waals surface area contributed by atoms with Gasteiger partial charge in [-0.3, -0.25) is 4.98 Å². The van der Waals surface area contributed by atoms with Gasteiger partial charge in [-0.1, -0.05) is 23.7 Å². The Morgan fingerprint density at radius 1 is 1.12 bits per heavy atom. The maximum Gasteiger partial charge on any atom is 0.417 e. The smallest absolute Gasteiger partial charge is 0.417 e. The average molecular weight is 460 g/mol. The molecule has 0 amide bonds. The summed E-state index contributed by atoms with van der Waals surface area (Å²) in [4.78, 5) is 19.9. The molecule has 2 aromatic heterocycles. The first-order chi connectivity index (χ1) is 15.0. The first-order valence-electron chi connectivity index (χ1n) is 9.57. The van der Waals surface area contributed by atoms with Crippen LogP contribution in [0.5, 0.6) is 0 Å². The van der Waals surface area contributed by atoms with Gasteiger partial charge in [0.1, 0.15) is 5.82 Å². The Morgan fingerprint density at radius 2 is 1.88 bits per heavy atom. The summed E-state index contributed by atoms with van der Waals surface area (Å²) < 4.78 is 40.6. The molecule has 0 bridgehead atoms. The Balaban J connectivity index is 1.80. The molecule has 9 heteroatoms. The molecule has 0 aliphatic heterocycles. The number of fused-ring (bicyclic) bond motifs is 1. The van der Waals surface area contributed by atoms with Crippen LogP contribution in [0.4, 0.5) is 13.2 Å². The van der Waals surface area contributed by atoms with Crippen LogP contribution in [0.2, 0.25) is 5.02 Å². The molecule has 0 radical (unpaired) electrons. The van der Waals surface area contributed by atoms with Crippen molar-refractivity contribution < 1.29 is 23.1 Å². The maximum atomic E-state index is 12.9. The number of alkyl halides is 3. The largest absolute Gasteiger partial charge is 0.478 e. The quantitative estimate of drug-likeness (QED) is 0.398. The van der Waals surface area contributed by atoms with Gasteiger partial charge in [-0.25, -0.2) is 9.78 Å². The van der Waals surface area contributed by atoms with E-state index in [0.29, 0.717) is 5.82 Å². The Labute approximate surface area is 186 Å². The first-order valence-corrected chi connectivity index (χ1v) is 9.95. The number of nitrogens with zero attached hydrogens (tertiary/aromatic N) is 3. The van der Waals surface area contributed by atoms with Gasteiger partial charge in [-0.15, -0.1) is 0 Å². The number of aromatic carboxylic acids is 1. The second-order valence-corrected chi connectivity index (χ2v) is 7.85. The van der Waals surface area contributed by atoms with E-state index < -0.39 is 17.7 Å². The van der Waals surface area contributed by atoms with Crippen LogP contribution in [-0.4, -0.2) is 25.6 Å². The molecule has 0 unspecified atom stereocenters. The van der Waals surface area contributed by atoms with Crippen molar-refractivity contribution in [3.63, 3.8) is 0 Å². The van der Waals surface area contributed by atoms with E-state index in [-0.39, 0.29) is 22.8 Å². The number of hydrogen-bond donors (Lipinski definition) is 1. The summed E-state index contributed by atoms with van der Waals surface area (Å²) in [5.74, 6) is -0.370. The van der Waals surface area contributed by atoms with Crippen LogP contribution in [0.1, 0.15) is 33.0 Å². The second-order valence-electron chi connectivity index (χ2n) is 7.44. The number of carbonyl (C=O) groups is 1. The van der Waals surface area contributed by atoms with Crippen LogP contribution in [0.15, 0.2) is 48.7 Å². The summed E-state index contributed by atoms with van der Waals surface area (Å²) in [6, 6.07) is 11.3. The van der Waals surface area contributed by atoms with Gasteiger partial charge in [-0.2, -0.15) is 13.2 Å². The minimum Gasteiger partial charge on any atom is -0.478 e. The summed E-state index contributed by atoms with van der Waals surface area (Å²) >= 11 is 6.11. The number of aromatic nitrogens is 3. The zero-order valence-corrected chi connectivity index (χ0v) is 17.8.